The number of carbonyl (C=O) groups excluding carboxylic acids is 1. The molecule has 0 atom stereocenters. The van der Waals surface area contributed by atoms with E-state index in [1.807, 2.05) is 43.5 Å². The van der Waals surface area contributed by atoms with Crippen LogP contribution in [0.2, 0.25) is 0 Å². The number of Topliss-reactive ketones (excluding diaryl/α,β-unsaturated/α-hetero) is 1. The summed E-state index contributed by atoms with van der Waals surface area (Å²) >= 11 is 0. The molecule has 1 saturated heterocycles. The molecule has 8 nitrogen and oxygen atoms in total. The molecule has 5 aromatic rings. The number of fused-ring (bicyclic) bond motifs is 2. The highest BCUT2D eigenvalue weighted by Gasteiger charge is 2.17. The van der Waals surface area contributed by atoms with Crippen molar-refractivity contribution in [2.24, 2.45) is 0 Å². The second-order valence-corrected chi connectivity index (χ2v) is 9.46. The van der Waals surface area contributed by atoms with Crippen LogP contribution in [0.3, 0.4) is 0 Å². The highest BCUT2D eigenvalue weighted by molar-refractivity contribution is 5.98. The molecule has 1 aliphatic heterocycles. The van der Waals surface area contributed by atoms with Crippen molar-refractivity contribution >= 4 is 33.5 Å². The highest BCUT2D eigenvalue weighted by Crippen LogP contribution is 2.26. The van der Waals surface area contributed by atoms with Crippen LogP contribution in [-0.4, -0.2) is 68.8 Å². The Kier molecular flexibility index (Phi) is 5.65. The molecule has 180 valence electrons. The maximum atomic E-state index is 13.1. The first-order chi connectivity index (χ1) is 17.5. The predicted octanol–water partition coefficient (Wildman–Crippen LogP) is 4.05. The quantitative estimate of drug-likeness (QED) is 0.382. The van der Waals surface area contributed by atoms with Crippen molar-refractivity contribution in [2.75, 3.05) is 38.1 Å². The Morgan fingerprint density at radius 1 is 0.917 bits per heavy atom. The van der Waals surface area contributed by atoms with E-state index < -0.39 is 0 Å². The van der Waals surface area contributed by atoms with Crippen molar-refractivity contribution in [3.8, 4) is 11.1 Å². The van der Waals surface area contributed by atoms with E-state index in [1.54, 1.807) is 18.5 Å². The molecule has 0 aliphatic carbocycles. The molecule has 0 radical (unpaired) electrons. The Balaban J connectivity index is 1.24. The summed E-state index contributed by atoms with van der Waals surface area (Å²) in [4.78, 5) is 39.2. The standard InChI is InChI=1S/C28H27N7O/c1-18-11-24-25(32-18)13-22(17-30-24)19-3-4-21-16-31-27(33-23(21)12-19)15-26(36)20-5-6-29-28(14-20)35-9-7-34(2)8-10-35/h3-6,11-14,16-17,32H,7-10,15H2,1-2H3. The highest BCUT2D eigenvalue weighted by atomic mass is 16.1. The fraction of sp³-hybridized carbons (Fsp3) is 0.250. The van der Waals surface area contributed by atoms with E-state index in [2.05, 4.69) is 42.8 Å². The lowest BCUT2D eigenvalue weighted by atomic mass is 10.1. The maximum Gasteiger partial charge on any atom is 0.170 e. The van der Waals surface area contributed by atoms with E-state index in [9.17, 15) is 4.79 Å². The first-order valence-electron chi connectivity index (χ1n) is 12.2. The summed E-state index contributed by atoms with van der Waals surface area (Å²) in [6.07, 6.45) is 5.52. The molecule has 0 saturated carbocycles. The van der Waals surface area contributed by atoms with Crippen molar-refractivity contribution < 1.29 is 4.79 Å². The number of piperazine rings is 1. The van der Waals surface area contributed by atoms with Crippen LogP contribution in [0.4, 0.5) is 5.82 Å². The molecule has 0 spiro atoms. The van der Waals surface area contributed by atoms with Crippen LogP contribution in [-0.2, 0) is 6.42 Å². The number of likely N-dealkylation sites (N-methyl/N-ethyl adjacent to an activating group) is 1. The minimum Gasteiger partial charge on any atom is -0.357 e. The van der Waals surface area contributed by atoms with Crippen LogP contribution in [0.5, 0.6) is 0 Å². The number of ketones is 1. The van der Waals surface area contributed by atoms with Gasteiger partial charge in [-0.1, -0.05) is 12.1 Å². The van der Waals surface area contributed by atoms with Gasteiger partial charge in [-0.15, -0.1) is 0 Å². The maximum absolute atomic E-state index is 13.1. The Morgan fingerprint density at radius 3 is 2.64 bits per heavy atom. The number of benzene rings is 1. The van der Waals surface area contributed by atoms with E-state index in [0.29, 0.717) is 11.4 Å². The molecule has 4 aromatic heterocycles. The Morgan fingerprint density at radius 2 is 1.78 bits per heavy atom. The number of pyridine rings is 2. The topological polar surface area (TPSA) is 90.9 Å². The molecule has 6 rings (SSSR count). The third-order valence-electron chi connectivity index (χ3n) is 6.78. The third kappa shape index (κ3) is 4.43. The van der Waals surface area contributed by atoms with Crippen LogP contribution < -0.4 is 4.90 Å². The van der Waals surface area contributed by atoms with Gasteiger partial charge in [0.2, 0.25) is 0 Å². The van der Waals surface area contributed by atoms with E-state index in [4.69, 9.17) is 4.98 Å². The van der Waals surface area contributed by atoms with Gasteiger partial charge in [-0.25, -0.2) is 15.0 Å². The fourth-order valence-corrected chi connectivity index (χ4v) is 4.67. The molecule has 36 heavy (non-hydrogen) atoms. The number of carbonyl (C=O) groups is 1. The normalized spacial score (nSPS) is 14.6. The van der Waals surface area contributed by atoms with E-state index >= 15 is 0 Å². The summed E-state index contributed by atoms with van der Waals surface area (Å²) in [6, 6.07) is 13.9. The van der Waals surface area contributed by atoms with Crippen LogP contribution in [0.15, 0.2) is 61.1 Å². The van der Waals surface area contributed by atoms with Gasteiger partial charge >= 0.3 is 0 Å². The Bertz CT molecular complexity index is 1580. The minimum atomic E-state index is -0.0138. The van der Waals surface area contributed by atoms with Gasteiger partial charge in [0.25, 0.3) is 0 Å². The number of hydrogen-bond acceptors (Lipinski definition) is 7. The summed E-state index contributed by atoms with van der Waals surface area (Å²) < 4.78 is 0. The summed E-state index contributed by atoms with van der Waals surface area (Å²) in [6.45, 7) is 5.81. The molecule has 8 heteroatoms. The average molecular weight is 478 g/mol. The Labute approximate surface area is 209 Å². The Hall–Kier alpha value is -4.17. The van der Waals surface area contributed by atoms with Crippen molar-refractivity contribution in [2.45, 2.75) is 13.3 Å². The molecule has 1 fully saturated rings. The number of hydrogen-bond donors (Lipinski definition) is 1. The lowest BCUT2D eigenvalue weighted by molar-refractivity contribution is 0.0991. The number of rotatable bonds is 5. The molecule has 0 bridgehead atoms. The second-order valence-electron chi connectivity index (χ2n) is 9.46. The van der Waals surface area contributed by atoms with E-state index in [1.165, 1.54) is 0 Å². The van der Waals surface area contributed by atoms with Crippen molar-refractivity contribution in [1.82, 2.24) is 29.8 Å². The van der Waals surface area contributed by atoms with Crippen molar-refractivity contribution in [1.29, 1.82) is 0 Å². The van der Waals surface area contributed by atoms with Gasteiger partial charge in [-0.2, -0.15) is 0 Å². The summed E-state index contributed by atoms with van der Waals surface area (Å²) in [5.41, 5.74) is 6.51. The van der Waals surface area contributed by atoms with Crippen molar-refractivity contribution in [3.63, 3.8) is 0 Å². The van der Waals surface area contributed by atoms with Gasteiger partial charge in [0.1, 0.15) is 11.6 Å². The van der Waals surface area contributed by atoms with Gasteiger partial charge in [0.15, 0.2) is 5.78 Å². The van der Waals surface area contributed by atoms with Crippen LogP contribution in [0.1, 0.15) is 21.9 Å². The SMILES string of the molecule is Cc1cc2ncc(-c3ccc4cnc(CC(=O)c5ccnc(N6CCN(C)CC6)c5)nc4c3)cc2[nH]1. The zero-order valence-electron chi connectivity index (χ0n) is 20.4. The van der Waals surface area contributed by atoms with Gasteiger partial charge in [0.05, 0.1) is 23.0 Å². The number of anilines is 1. The van der Waals surface area contributed by atoms with Crippen LogP contribution >= 0.6 is 0 Å². The van der Waals surface area contributed by atoms with E-state index in [-0.39, 0.29) is 12.2 Å². The predicted molar refractivity (Wildman–Crippen MR) is 141 cm³/mol. The number of nitrogens with zero attached hydrogens (tertiary/aromatic N) is 6. The monoisotopic (exact) mass is 477 g/mol. The van der Waals surface area contributed by atoms with E-state index in [0.717, 1.165) is 70.8 Å². The number of nitrogens with one attached hydrogen (secondary N) is 1. The number of aryl methyl sites for hydroxylation is 1. The molecule has 5 heterocycles. The molecule has 1 N–H and O–H groups in total. The fourth-order valence-electron chi connectivity index (χ4n) is 4.67. The smallest absolute Gasteiger partial charge is 0.170 e. The average Bonchev–Trinajstić information content (AvgIpc) is 3.28. The first kappa shape index (κ1) is 22.3. The molecule has 0 amide bonds. The summed E-state index contributed by atoms with van der Waals surface area (Å²) in [5, 5.41) is 0.931. The summed E-state index contributed by atoms with van der Waals surface area (Å²) in [5.74, 6) is 1.34. The lowest BCUT2D eigenvalue weighted by Gasteiger charge is -2.33. The minimum absolute atomic E-state index is 0.0138. The van der Waals surface area contributed by atoms with Crippen LogP contribution in [0, 0.1) is 6.92 Å². The van der Waals surface area contributed by atoms with Gasteiger partial charge in [0, 0.05) is 67.0 Å². The van der Waals surface area contributed by atoms with Gasteiger partial charge < -0.3 is 14.8 Å². The molecule has 0 unspecified atom stereocenters. The zero-order chi connectivity index (χ0) is 24.6. The second kappa shape index (κ2) is 9.13. The lowest BCUT2D eigenvalue weighted by Crippen LogP contribution is -2.44. The number of aromatic amines is 1. The number of aromatic nitrogens is 5. The summed E-state index contributed by atoms with van der Waals surface area (Å²) in [7, 11) is 2.12. The van der Waals surface area contributed by atoms with Crippen LogP contribution in [0.25, 0.3) is 33.1 Å². The molecular weight excluding hydrogens is 450 g/mol. The van der Waals surface area contributed by atoms with Gasteiger partial charge in [-0.05, 0) is 49.9 Å². The molecule has 1 aliphatic rings. The molecular formula is C28H27N7O. The first-order valence-corrected chi connectivity index (χ1v) is 12.2. The number of H-pyrrole nitrogens is 1. The molecule has 1 aromatic carbocycles. The zero-order valence-corrected chi connectivity index (χ0v) is 20.4. The third-order valence-corrected chi connectivity index (χ3v) is 6.78. The van der Waals surface area contributed by atoms with Crippen molar-refractivity contribution in [3.05, 3.63) is 78.1 Å². The van der Waals surface area contributed by atoms with Gasteiger partial charge in [-0.3, -0.25) is 9.78 Å². The largest absolute Gasteiger partial charge is 0.357 e.